The van der Waals surface area contributed by atoms with Crippen LogP contribution >= 0.6 is 11.8 Å². The molecule has 0 saturated heterocycles. The van der Waals surface area contributed by atoms with Gasteiger partial charge in [-0.25, -0.2) is 8.42 Å². The minimum atomic E-state index is -3.66. The van der Waals surface area contributed by atoms with E-state index in [0.717, 1.165) is 16.1 Å². The van der Waals surface area contributed by atoms with Crippen molar-refractivity contribution in [3.8, 4) is 0 Å². The number of carbonyl (C=O) groups excluding carboxylic acids is 2. The van der Waals surface area contributed by atoms with Crippen LogP contribution in [0.1, 0.15) is 25.8 Å². The summed E-state index contributed by atoms with van der Waals surface area (Å²) in [6, 6.07) is 12.3. The first-order valence-corrected chi connectivity index (χ1v) is 12.0. The van der Waals surface area contributed by atoms with E-state index in [-0.39, 0.29) is 34.1 Å². The van der Waals surface area contributed by atoms with Crippen molar-refractivity contribution in [3.05, 3.63) is 48.0 Å². The molecule has 0 fully saturated rings. The Bertz CT molecular complexity index is 1050. The normalized spacial score (nSPS) is 16.1. The van der Waals surface area contributed by atoms with Crippen molar-refractivity contribution in [1.29, 1.82) is 0 Å². The van der Waals surface area contributed by atoms with Crippen LogP contribution in [0, 0.1) is 6.92 Å². The predicted molar refractivity (Wildman–Crippen MR) is 116 cm³/mol. The number of hydrogen-bond donors (Lipinski definition) is 1. The fraction of sp³-hybridized carbons (Fsp3) is 0.333. The third-order valence-electron chi connectivity index (χ3n) is 4.76. The lowest BCUT2D eigenvalue weighted by Crippen LogP contribution is -2.32. The van der Waals surface area contributed by atoms with E-state index in [0.29, 0.717) is 12.2 Å². The highest BCUT2D eigenvalue weighted by molar-refractivity contribution is 8.01. The molecule has 1 aliphatic rings. The van der Waals surface area contributed by atoms with Crippen LogP contribution in [0.15, 0.2) is 52.3 Å². The van der Waals surface area contributed by atoms with E-state index in [2.05, 4.69) is 5.32 Å². The molecule has 0 unspecified atom stereocenters. The van der Waals surface area contributed by atoms with Crippen molar-refractivity contribution in [2.45, 2.75) is 42.2 Å². The number of benzene rings is 2. The van der Waals surface area contributed by atoms with Gasteiger partial charge in [-0.15, -0.1) is 11.8 Å². The van der Waals surface area contributed by atoms with E-state index >= 15 is 0 Å². The summed E-state index contributed by atoms with van der Waals surface area (Å²) >= 11 is 1.40. The fourth-order valence-electron chi connectivity index (χ4n) is 3.15. The molecule has 0 aliphatic carbocycles. The van der Waals surface area contributed by atoms with Gasteiger partial charge in [0.05, 0.1) is 21.6 Å². The number of sulfone groups is 1. The molecular weight excluding hydrogens is 408 g/mol. The number of thioether (sulfide) groups is 1. The maximum Gasteiger partial charge on any atom is 0.237 e. The summed E-state index contributed by atoms with van der Waals surface area (Å²) in [7, 11) is -3.66. The standard InChI is InChI=1S/C21H24N2O4S2/c1-4-23(16-7-5-6-14(2)12-16)20(24)10-11-29(26,27)17-8-9-19-18(13-17)22-21(25)15(3)28-19/h5-9,12-13,15H,4,10-11H2,1-3H3,(H,22,25)/t15-/m0/s1. The topological polar surface area (TPSA) is 83.6 Å². The Hall–Kier alpha value is -2.32. The lowest BCUT2D eigenvalue weighted by atomic mass is 10.2. The Balaban J connectivity index is 1.73. The molecule has 0 radical (unpaired) electrons. The number of fused-ring (bicyclic) bond motifs is 1. The molecule has 29 heavy (non-hydrogen) atoms. The zero-order valence-electron chi connectivity index (χ0n) is 16.6. The molecule has 0 aromatic heterocycles. The zero-order valence-corrected chi connectivity index (χ0v) is 18.3. The number of aryl methyl sites for hydroxylation is 1. The first kappa shape index (κ1) is 21.4. The van der Waals surface area contributed by atoms with Crippen molar-refractivity contribution in [3.63, 3.8) is 0 Å². The maximum atomic E-state index is 12.8. The average Bonchev–Trinajstić information content (AvgIpc) is 2.67. The molecule has 154 valence electrons. The lowest BCUT2D eigenvalue weighted by Gasteiger charge is -2.22. The summed E-state index contributed by atoms with van der Waals surface area (Å²) in [5.41, 5.74) is 2.29. The summed E-state index contributed by atoms with van der Waals surface area (Å²) in [5, 5.41) is 2.52. The monoisotopic (exact) mass is 432 g/mol. The van der Waals surface area contributed by atoms with E-state index < -0.39 is 9.84 Å². The van der Waals surface area contributed by atoms with E-state index in [1.807, 2.05) is 38.1 Å². The number of nitrogens with zero attached hydrogens (tertiary/aromatic N) is 1. The molecule has 6 nitrogen and oxygen atoms in total. The maximum absolute atomic E-state index is 12.8. The van der Waals surface area contributed by atoms with Crippen molar-refractivity contribution >= 4 is 44.8 Å². The molecule has 2 aromatic carbocycles. The Morgan fingerprint density at radius 3 is 2.66 bits per heavy atom. The summed E-state index contributed by atoms with van der Waals surface area (Å²) in [6.07, 6.45) is -0.112. The SMILES string of the molecule is CCN(C(=O)CCS(=O)(=O)c1ccc2c(c1)NC(=O)[C@H](C)S2)c1cccc(C)c1. The highest BCUT2D eigenvalue weighted by Gasteiger charge is 2.26. The van der Waals surface area contributed by atoms with E-state index in [4.69, 9.17) is 0 Å². The summed E-state index contributed by atoms with van der Waals surface area (Å²) < 4.78 is 25.6. The highest BCUT2D eigenvalue weighted by Crippen LogP contribution is 2.37. The number of hydrogen-bond acceptors (Lipinski definition) is 5. The van der Waals surface area contributed by atoms with Gasteiger partial charge in [0.1, 0.15) is 0 Å². The van der Waals surface area contributed by atoms with Crippen LogP contribution in [0.3, 0.4) is 0 Å². The second-order valence-electron chi connectivity index (χ2n) is 6.95. The number of rotatable bonds is 6. The van der Waals surface area contributed by atoms with Crippen LogP contribution in [-0.2, 0) is 19.4 Å². The smallest absolute Gasteiger partial charge is 0.237 e. The number of amides is 2. The first-order valence-electron chi connectivity index (χ1n) is 9.42. The lowest BCUT2D eigenvalue weighted by molar-refractivity contribution is -0.118. The number of anilines is 2. The van der Waals surface area contributed by atoms with Crippen molar-refractivity contribution in [2.24, 2.45) is 0 Å². The molecule has 0 saturated carbocycles. The molecule has 1 aliphatic heterocycles. The number of nitrogens with one attached hydrogen (secondary N) is 1. The largest absolute Gasteiger partial charge is 0.324 e. The molecule has 2 amide bonds. The Kier molecular flexibility index (Phi) is 6.33. The van der Waals surface area contributed by atoms with Crippen LogP contribution in [0.5, 0.6) is 0 Å². The molecule has 3 rings (SSSR count). The van der Waals surface area contributed by atoms with Gasteiger partial charge in [-0.05, 0) is 56.7 Å². The van der Waals surface area contributed by atoms with Gasteiger partial charge in [-0.3, -0.25) is 9.59 Å². The van der Waals surface area contributed by atoms with Gasteiger partial charge in [0.15, 0.2) is 9.84 Å². The van der Waals surface area contributed by atoms with Crippen molar-refractivity contribution < 1.29 is 18.0 Å². The molecule has 1 atom stereocenters. The molecule has 2 aromatic rings. The van der Waals surface area contributed by atoms with E-state index in [1.165, 1.54) is 23.9 Å². The van der Waals surface area contributed by atoms with Gasteiger partial charge in [0.25, 0.3) is 0 Å². The molecule has 0 spiro atoms. The van der Waals surface area contributed by atoms with Gasteiger partial charge in [-0.1, -0.05) is 12.1 Å². The third-order valence-corrected chi connectivity index (χ3v) is 7.65. The fourth-order valence-corrected chi connectivity index (χ4v) is 5.34. The molecule has 0 bridgehead atoms. The van der Waals surface area contributed by atoms with Crippen LogP contribution < -0.4 is 10.2 Å². The predicted octanol–water partition coefficient (Wildman–Crippen LogP) is 3.64. The Morgan fingerprint density at radius 2 is 1.97 bits per heavy atom. The molecular formula is C21H24N2O4S2. The first-order chi connectivity index (χ1) is 13.7. The summed E-state index contributed by atoms with van der Waals surface area (Å²) in [6.45, 7) is 6.06. The van der Waals surface area contributed by atoms with Gasteiger partial charge in [0, 0.05) is 23.5 Å². The number of carbonyl (C=O) groups is 2. The Morgan fingerprint density at radius 1 is 1.21 bits per heavy atom. The van der Waals surface area contributed by atoms with E-state index in [1.54, 1.807) is 17.9 Å². The highest BCUT2D eigenvalue weighted by atomic mass is 32.2. The van der Waals surface area contributed by atoms with E-state index in [9.17, 15) is 18.0 Å². The second-order valence-corrected chi connectivity index (χ2v) is 10.4. The Labute approximate surface area is 175 Å². The molecule has 8 heteroatoms. The summed E-state index contributed by atoms with van der Waals surface area (Å²) in [5.74, 6) is -0.675. The molecule has 1 heterocycles. The second kappa shape index (κ2) is 8.59. The minimum absolute atomic E-state index is 0.109. The van der Waals surface area contributed by atoms with Crippen LogP contribution in [0.25, 0.3) is 0 Å². The van der Waals surface area contributed by atoms with Crippen LogP contribution in [-0.4, -0.2) is 37.8 Å². The summed E-state index contributed by atoms with van der Waals surface area (Å²) in [4.78, 5) is 27.1. The quantitative estimate of drug-likeness (QED) is 0.753. The minimum Gasteiger partial charge on any atom is -0.324 e. The van der Waals surface area contributed by atoms with Crippen molar-refractivity contribution in [2.75, 3.05) is 22.5 Å². The molecule has 1 N–H and O–H groups in total. The van der Waals surface area contributed by atoms with Crippen LogP contribution in [0.4, 0.5) is 11.4 Å². The zero-order chi connectivity index (χ0) is 21.2. The average molecular weight is 433 g/mol. The van der Waals surface area contributed by atoms with Crippen molar-refractivity contribution in [1.82, 2.24) is 0 Å². The van der Waals surface area contributed by atoms with Gasteiger partial charge in [0.2, 0.25) is 11.8 Å². The van der Waals surface area contributed by atoms with Crippen LogP contribution in [0.2, 0.25) is 0 Å². The van der Waals surface area contributed by atoms with Gasteiger partial charge >= 0.3 is 0 Å². The third kappa shape index (κ3) is 4.82. The van der Waals surface area contributed by atoms with Gasteiger partial charge in [-0.2, -0.15) is 0 Å². The van der Waals surface area contributed by atoms with Gasteiger partial charge < -0.3 is 10.2 Å².